The Labute approximate surface area is 183 Å². The third-order valence-electron chi connectivity index (χ3n) is 6.30. The molecule has 3 amide bonds. The fraction of sp³-hybridized carbons (Fsp3) is 0.455. The van der Waals surface area contributed by atoms with Gasteiger partial charge in [-0.15, -0.1) is 0 Å². The van der Waals surface area contributed by atoms with Crippen LogP contribution in [0.25, 0.3) is 0 Å². The molecule has 1 saturated heterocycles. The molecule has 2 bridgehead atoms. The predicted octanol–water partition coefficient (Wildman–Crippen LogP) is 2.74. The van der Waals surface area contributed by atoms with Crippen LogP contribution in [-0.4, -0.2) is 41.2 Å². The van der Waals surface area contributed by atoms with Gasteiger partial charge in [0.2, 0.25) is 11.8 Å². The molecule has 1 N–H and O–H groups in total. The Morgan fingerprint density at radius 2 is 1.67 bits per heavy atom. The van der Waals surface area contributed by atoms with Crippen LogP contribution in [0.3, 0.4) is 0 Å². The normalized spacial score (nSPS) is 27.4. The van der Waals surface area contributed by atoms with Gasteiger partial charge in [0.05, 0.1) is 11.8 Å². The highest BCUT2D eigenvalue weighted by Gasteiger charge is 2.60. The number of rotatable bonds is 5. The molecule has 0 aromatic heterocycles. The number of nitrogens with zero attached hydrogens (tertiary/aromatic N) is 1. The van der Waals surface area contributed by atoms with Crippen LogP contribution < -0.4 is 5.32 Å². The number of allylic oxidation sites excluding steroid dienone is 2. The van der Waals surface area contributed by atoms with Gasteiger partial charge in [0.15, 0.2) is 6.61 Å². The van der Waals surface area contributed by atoms with Gasteiger partial charge in [-0.2, -0.15) is 0 Å². The molecule has 2 aliphatic carbocycles. The molecule has 1 aromatic rings. The number of amides is 3. The molecule has 1 aromatic carbocycles. The first-order chi connectivity index (χ1) is 14.2. The van der Waals surface area contributed by atoms with Crippen molar-refractivity contribution in [3.8, 4) is 0 Å². The Morgan fingerprint density at radius 1 is 1.13 bits per heavy atom. The zero-order valence-corrected chi connectivity index (χ0v) is 18.6. The molecule has 30 heavy (non-hydrogen) atoms. The van der Waals surface area contributed by atoms with E-state index >= 15 is 0 Å². The van der Waals surface area contributed by atoms with Gasteiger partial charge in [-0.25, -0.2) is 4.79 Å². The van der Waals surface area contributed by atoms with Crippen molar-refractivity contribution in [2.24, 2.45) is 23.7 Å². The molecule has 1 heterocycles. The summed E-state index contributed by atoms with van der Waals surface area (Å²) in [6, 6.07) is 2.56. The highest BCUT2D eigenvalue weighted by molar-refractivity contribution is 9.10. The van der Waals surface area contributed by atoms with Crippen molar-refractivity contribution in [1.29, 1.82) is 0 Å². The lowest BCUT2D eigenvalue weighted by molar-refractivity contribution is -0.159. The quantitative estimate of drug-likeness (QED) is 0.402. The van der Waals surface area contributed by atoms with E-state index in [2.05, 4.69) is 21.2 Å². The SMILES string of the molecule is Cc1cc(NC(=O)COC(=O)[C@H](C)N2C(=O)[C@@H]3[C@H](C2=O)[C@H]2C=C[C@H]3C2)cc(C)c1Br. The van der Waals surface area contributed by atoms with E-state index < -0.39 is 24.5 Å². The van der Waals surface area contributed by atoms with Crippen molar-refractivity contribution in [2.45, 2.75) is 33.2 Å². The van der Waals surface area contributed by atoms with Crippen molar-refractivity contribution in [3.63, 3.8) is 0 Å². The van der Waals surface area contributed by atoms with Gasteiger partial charge < -0.3 is 10.1 Å². The van der Waals surface area contributed by atoms with Crippen molar-refractivity contribution in [3.05, 3.63) is 39.9 Å². The highest BCUT2D eigenvalue weighted by Crippen LogP contribution is 2.52. The number of halogens is 1. The maximum absolute atomic E-state index is 12.8. The summed E-state index contributed by atoms with van der Waals surface area (Å²) < 4.78 is 6.07. The number of hydrogen-bond donors (Lipinski definition) is 1. The Bertz CT molecular complexity index is 935. The second-order valence-corrected chi connectivity index (χ2v) is 9.10. The van der Waals surface area contributed by atoms with E-state index in [0.29, 0.717) is 5.69 Å². The Morgan fingerprint density at radius 3 is 2.20 bits per heavy atom. The first-order valence-electron chi connectivity index (χ1n) is 9.97. The molecule has 3 aliphatic rings. The number of aryl methyl sites for hydroxylation is 2. The second-order valence-electron chi connectivity index (χ2n) is 8.30. The Kier molecular flexibility index (Phi) is 5.30. The lowest BCUT2D eigenvalue weighted by atomic mass is 9.85. The van der Waals surface area contributed by atoms with Crippen molar-refractivity contribution in [2.75, 3.05) is 11.9 Å². The number of benzene rings is 1. The summed E-state index contributed by atoms with van der Waals surface area (Å²) in [4.78, 5) is 51.3. The van der Waals surface area contributed by atoms with Crippen LogP contribution in [-0.2, 0) is 23.9 Å². The van der Waals surface area contributed by atoms with Crippen molar-refractivity contribution < 1.29 is 23.9 Å². The molecule has 158 valence electrons. The Hall–Kier alpha value is -2.48. The molecule has 4 rings (SSSR count). The maximum Gasteiger partial charge on any atom is 0.329 e. The summed E-state index contributed by atoms with van der Waals surface area (Å²) in [5.41, 5.74) is 2.54. The lowest BCUT2D eigenvalue weighted by Gasteiger charge is -2.23. The summed E-state index contributed by atoms with van der Waals surface area (Å²) >= 11 is 3.47. The molecule has 1 aliphatic heterocycles. The van der Waals surface area contributed by atoms with Gasteiger partial charge in [-0.3, -0.25) is 19.3 Å². The van der Waals surface area contributed by atoms with E-state index in [1.54, 1.807) is 0 Å². The maximum atomic E-state index is 12.8. The van der Waals surface area contributed by atoms with E-state index in [0.717, 1.165) is 26.9 Å². The minimum Gasteiger partial charge on any atom is -0.454 e. The molecule has 0 spiro atoms. The molecule has 7 nitrogen and oxygen atoms in total. The summed E-state index contributed by atoms with van der Waals surface area (Å²) in [6.45, 7) is 4.80. The molecule has 0 unspecified atom stereocenters. The summed E-state index contributed by atoms with van der Waals surface area (Å²) in [7, 11) is 0. The third kappa shape index (κ3) is 3.37. The van der Waals surface area contributed by atoms with E-state index in [-0.39, 0.29) is 35.5 Å². The Balaban J connectivity index is 1.35. The summed E-state index contributed by atoms with van der Waals surface area (Å²) in [6.07, 6.45) is 4.83. The standard InChI is InChI=1S/C22H23BrN2O5/c1-10-6-15(7-11(2)19(10)23)24-16(26)9-30-22(29)12(3)25-20(27)17-13-4-5-14(8-13)18(17)21(25)28/h4-7,12-14,17-18H,8-9H2,1-3H3,(H,24,26)/t12-,13-,14-,17-,18+/m0/s1. The van der Waals surface area contributed by atoms with Crippen LogP contribution >= 0.6 is 15.9 Å². The predicted molar refractivity (Wildman–Crippen MR) is 112 cm³/mol. The van der Waals surface area contributed by atoms with E-state index in [9.17, 15) is 19.2 Å². The number of likely N-dealkylation sites (tertiary alicyclic amines) is 1. The van der Waals surface area contributed by atoms with E-state index in [1.807, 2.05) is 38.1 Å². The van der Waals surface area contributed by atoms with Crippen LogP contribution in [0.2, 0.25) is 0 Å². The van der Waals surface area contributed by atoms with Crippen LogP contribution in [0.1, 0.15) is 24.5 Å². The average Bonchev–Trinajstić information content (AvgIpc) is 3.37. The zero-order chi connectivity index (χ0) is 21.7. The molecule has 1 saturated carbocycles. The molecule has 0 radical (unpaired) electrons. The third-order valence-corrected chi connectivity index (χ3v) is 7.55. The number of carbonyl (C=O) groups excluding carboxylic acids is 4. The van der Waals surface area contributed by atoms with Crippen LogP contribution in [0.15, 0.2) is 28.8 Å². The van der Waals surface area contributed by atoms with Crippen molar-refractivity contribution in [1.82, 2.24) is 4.90 Å². The lowest BCUT2D eigenvalue weighted by Crippen LogP contribution is -2.45. The van der Waals surface area contributed by atoms with Crippen LogP contribution in [0.5, 0.6) is 0 Å². The largest absolute Gasteiger partial charge is 0.454 e. The topological polar surface area (TPSA) is 92.8 Å². The second kappa shape index (κ2) is 7.65. The smallest absolute Gasteiger partial charge is 0.329 e. The number of nitrogens with one attached hydrogen (secondary N) is 1. The number of anilines is 1. The van der Waals surface area contributed by atoms with Crippen LogP contribution in [0, 0.1) is 37.5 Å². The molecule has 5 atom stereocenters. The highest BCUT2D eigenvalue weighted by atomic mass is 79.9. The number of imide groups is 1. The van der Waals surface area contributed by atoms with Gasteiger partial charge >= 0.3 is 5.97 Å². The fourth-order valence-corrected chi connectivity index (χ4v) is 5.11. The number of esters is 1. The summed E-state index contributed by atoms with van der Waals surface area (Å²) in [5.74, 6) is -2.45. The minimum absolute atomic E-state index is 0.0771. The fourth-order valence-electron chi connectivity index (χ4n) is 4.88. The number of carbonyl (C=O) groups is 4. The van der Waals surface area contributed by atoms with E-state index in [1.165, 1.54) is 6.92 Å². The summed E-state index contributed by atoms with van der Waals surface area (Å²) in [5, 5.41) is 2.69. The van der Waals surface area contributed by atoms with Gasteiger partial charge in [0, 0.05) is 10.2 Å². The molecule has 2 fully saturated rings. The van der Waals surface area contributed by atoms with Crippen LogP contribution in [0.4, 0.5) is 5.69 Å². The number of hydrogen-bond acceptors (Lipinski definition) is 5. The first kappa shape index (κ1) is 20.8. The van der Waals surface area contributed by atoms with Gasteiger partial charge in [0.25, 0.3) is 5.91 Å². The van der Waals surface area contributed by atoms with Crippen molar-refractivity contribution >= 4 is 45.3 Å². The van der Waals surface area contributed by atoms with E-state index in [4.69, 9.17) is 4.74 Å². The zero-order valence-electron chi connectivity index (χ0n) is 17.0. The molecular formula is C22H23BrN2O5. The monoisotopic (exact) mass is 474 g/mol. The number of ether oxygens (including phenoxy) is 1. The average molecular weight is 475 g/mol. The van der Waals surface area contributed by atoms with Gasteiger partial charge in [0.1, 0.15) is 6.04 Å². The molecular weight excluding hydrogens is 452 g/mol. The first-order valence-corrected chi connectivity index (χ1v) is 10.8. The number of fused-ring (bicyclic) bond motifs is 5. The molecule has 8 heteroatoms. The minimum atomic E-state index is -1.06. The van der Waals surface area contributed by atoms with Gasteiger partial charge in [-0.1, -0.05) is 28.1 Å². The van der Waals surface area contributed by atoms with Gasteiger partial charge in [-0.05, 0) is 62.3 Å².